The van der Waals surface area contributed by atoms with Gasteiger partial charge in [-0.05, 0) is 5.56 Å². The molecule has 0 aromatic heterocycles. The van der Waals surface area contributed by atoms with Gasteiger partial charge in [0.05, 0.1) is 12.3 Å². The summed E-state index contributed by atoms with van der Waals surface area (Å²) < 4.78 is 29.6. The van der Waals surface area contributed by atoms with Crippen molar-refractivity contribution in [2.75, 3.05) is 18.8 Å². The van der Waals surface area contributed by atoms with Crippen LogP contribution in [0.25, 0.3) is 0 Å². The van der Waals surface area contributed by atoms with E-state index in [4.69, 9.17) is 4.74 Å². The van der Waals surface area contributed by atoms with Crippen molar-refractivity contribution in [3.05, 3.63) is 48.6 Å². The zero-order chi connectivity index (χ0) is 17.3. The Morgan fingerprint density at radius 2 is 1.96 bits per heavy atom. The van der Waals surface area contributed by atoms with Crippen LogP contribution in [0.1, 0.15) is 12.5 Å². The summed E-state index contributed by atoms with van der Waals surface area (Å²) in [6.07, 6.45) is 0.600. The van der Waals surface area contributed by atoms with Gasteiger partial charge in [-0.25, -0.2) is 17.5 Å². The molecule has 0 aliphatic carbocycles. The number of sulfonamides is 1. The predicted octanol–water partition coefficient (Wildman–Crippen LogP) is 1.28. The number of carbonyl (C=O) groups is 2. The van der Waals surface area contributed by atoms with E-state index in [0.29, 0.717) is 4.31 Å². The van der Waals surface area contributed by atoms with Gasteiger partial charge < -0.3 is 10.1 Å². The summed E-state index contributed by atoms with van der Waals surface area (Å²) in [4.78, 5) is 22.8. The Morgan fingerprint density at radius 1 is 1.30 bits per heavy atom. The summed E-state index contributed by atoms with van der Waals surface area (Å²) in [5.74, 6) is -1.00. The molecule has 1 aromatic rings. The second-order valence-electron chi connectivity index (χ2n) is 4.64. The molecule has 23 heavy (non-hydrogen) atoms. The second-order valence-corrected chi connectivity index (χ2v) is 6.66. The molecule has 0 saturated carbocycles. The fourth-order valence-corrected chi connectivity index (χ4v) is 3.03. The normalized spacial score (nSPS) is 10.7. The van der Waals surface area contributed by atoms with E-state index in [0.717, 1.165) is 12.5 Å². The van der Waals surface area contributed by atoms with Gasteiger partial charge in [-0.2, -0.15) is 0 Å². The van der Waals surface area contributed by atoms with E-state index in [1.165, 1.54) is 6.08 Å². The van der Waals surface area contributed by atoms with E-state index in [9.17, 15) is 18.0 Å². The van der Waals surface area contributed by atoms with Crippen molar-refractivity contribution in [2.24, 2.45) is 0 Å². The number of nitrogens with zero attached hydrogens (tertiary/aromatic N) is 1. The number of hydrogen-bond acceptors (Lipinski definition) is 5. The average molecular weight is 340 g/mol. The Bertz CT molecular complexity index is 643. The summed E-state index contributed by atoms with van der Waals surface area (Å²) in [5, 5.41) is 2.34. The molecule has 2 amide bonds. The minimum atomic E-state index is -3.80. The highest BCUT2D eigenvalue weighted by Crippen LogP contribution is 2.03. The molecule has 0 saturated heterocycles. The van der Waals surface area contributed by atoms with Gasteiger partial charge >= 0.3 is 6.09 Å². The van der Waals surface area contributed by atoms with Crippen LogP contribution in [-0.4, -0.2) is 43.6 Å². The van der Waals surface area contributed by atoms with Crippen LogP contribution in [0.4, 0.5) is 4.79 Å². The third kappa shape index (κ3) is 6.52. The van der Waals surface area contributed by atoms with Gasteiger partial charge in [0.25, 0.3) is 0 Å². The van der Waals surface area contributed by atoms with Gasteiger partial charge in [0.1, 0.15) is 6.61 Å². The quantitative estimate of drug-likeness (QED) is 0.720. The van der Waals surface area contributed by atoms with Crippen LogP contribution < -0.4 is 5.32 Å². The summed E-state index contributed by atoms with van der Waals surface area (Å²) >= 11 is 0. The highest BCUT2D eigenvalue weighted by molar-refractivity contribution is 7.89. The molecule has 0 unspecified atom stereocenters. The molecule has 1 N–H and O–H groups in total. The van der Waals surface area contributed by atoms with Crippen LogP contribution >= 0.6 is 0 Å². The van der Waals surface area contributed by atoms with Gasteiger partial charge in [-0.15, -0.1) is 6.58 Å². The second kappa shape index (κ2) is 8.94. The highest BCUT2D eigenvalue weighted by Gasteiger charge is 2.23. The minimum absolute atomic E-state index is 0.0927. The summed E-state index contributed by atoms with van der Waals surface area (Å²) in [6, 6.07) is 9.09. The molecule has 8 heteroatoms. The SMILES string of the molecule is C=CCN(C(C)=O)S(=O)(=O)CCNC(=O)OCc1ccccc1. The van der Waals surface area contributed by atoms with Crippen LogP contribution in [0.2, 0.25) is 0 Å². The summed E-state index contributed by atoms with van der Waals surface area (Å²) in [6.45, 7) is 4.40. The molecule has 0 radical (unpaired) electrons. The lowest BCUT2D eigenvalue weighted by Crippen LogP contribution is -2.40. The molecular weight excluding hydrogens is 320 g/mol. The van der Waals surface area contributed by atoms with Gasteiger partial charge in [0, 0.05) is 13.5 Å². The van der Waals surface area contributed by atoms with Crippen LogP contribution in [0, 0.1) is 0 Å². The molecule has 1 rings (SSSR count). The van der Waals surface area contributed by atoms with Crippen LogP contribution in [0.5, 0.6) is 0 Å². The van der Waals surface area contributed by atoms with Crippen LogP contribution in [0.15, 0.2) is 43.0 Å². The third-order valence-corrected chi connectivity index (χ3v) is 4.62. The molecule has 0 bridgehead atoms. The Hall–Kier alpha value is -2.35. The lowest BCUT2D eigenvalue weighted by molar-refractivity contribution is -0.123. The maximum absolute atomic E-state index is 12.0. The first kappa shape index (κ1) is 18.7. The van der Waals surface area contributed by atoms with Crippen molar-refractivity contribution in [1.82, 2.24) is 9.62 Å². The van der Waals surface area contributed by atoms with Gasteiger partial charge in [-0.3, -0.25) is 4.79 Å². The molecule has 7 nitrogen and oxygen atoms in total. The Balaban J connectivity index is 2.41. The lowest BCUT2D eigenvalue weighted by atomic mass is 10.2. The van der Waals surface area contributed by atoms with E-state index in [1.54, 1.807) is 12.1 Å². The van der Waals surface area contributed by atoms with Crippen molar-refractivity contribution in [3.63, 3.8) is 0 Å². The van der Waals surface area contributed by atoms with Crippen molar-refractivity contribution in [1.29, 1.82) is 0 Å². The molecule has 0 spiro atoms. The van der Waals surface area contributed by atoms with E-state index in [-0.39, 0.29) is 19.7 Å². The number of amides is 2. The number of carbonyl (C=O) groups excluding carboxylic acids is 2. The highest BCUT2D eigenvalue weighted by atomic mass is 32.2. The van der Waals surface area contributed by atoms with Crippen molar-refractivity contribution < 1.29 is 22.7 Å². The van der Waals surface area contributed by atoms with E-state index >= 15 is 0 Å². The van der Waals surface area contributed by atoms with Crippen molar-refractivity contribution >= 4 is 22.0 Å². The van der Waals surface area contributed by atoms with E-state index in [2.05, 4.69) is 11.9 Å². The molecule has 0 aliphatic rings. The Kier molecular flexibility index (Phi) is 7.27. The molecule has 0 atom stereocenters. The number of nitrogens with one attached hydrogen (secondary N) is 1. The van der Waals surface area contributed by atoms with E-state index < -0.39 is 27.8 Å². The predicted molar refractivity (Wildman–Crippen MR) is 86.0 cm³/mol. The topological polar surface area (TPSA) is 92.8 Å². The maximum Gasteiger partial charge on any atom is 0.407 e. The average Bonchev–Trinajstić information content (AvgIpc) is 2.51. The molecule has 1 aromatic carbocycles. The van der Waals surface area contributed by atoms with Gasteiger partial charge in [-0.1, -0.05) is 36.4 Å². The monoisotopic (exact) mass is 340 g/mol. The van der Waals surface area contributed by atoms with Crippen molar-refractivity contribution in [2.45, 2.75) is 13.5 Å². The lowest BCUT2D eigenvalue weighted by Gasteiger charge is -2.19. The van der Waals surface area contributed by atoms with Gasteiger partial charge in [0.2, 0.25) is 15.9 Å². The Labute approximate surface area is 136 Å². The maximum atomic E-state index is 12.0. The van der Waals surface area contributed by atoms with Gasteiger partial charge in [0.15, 0.2) is 0 Å². The first-order chi connectivity index (χ1) is 10.9. The fraction of sp³-hybridized carbons (Fsp3) is 0.333. The Morgan fingerprint density at radius 3 is 2.52 bits per heavy atom. The number of alkyl carbamates (subject to hydrolysis) is 1. The first-order valence-corrected chi connectivity index (χ1v) is 8.54. The summed E-state index contributed by atoms with van der Waals surface area (Å²) in [7, 11) is -3.80. The number of ether oxygens (including phenoxy) is 1. The molecular formula is C15H20N2O5S. The molecule has 0 fully saturated rings. The first-order valence-electron chi connectivity index (χ1n) is 6.93. The fourth-order valence-electron chi connectivity index (χ4n) is 1.72. The van der Waals surface area contributed by atoms with E-state index in [1.807, 2.05) is 18.2 Å². The van der Waals surface area contributed by atoms with Crippen LogP contribution in [-0.2, 0) is 26.2 Å². The largest absolute Gasteiger partial charge is 0.445 e. The smallest absolute Gasteiger partial charge is 0.407 e. The standard InChI is InChI=1S/C15H20N2O5S/c1-3-10-17(13(2)18)23(20,21)11-9-16-15(19)22-12-14-7-5-4-6-8-14/h3-8H,1,9-12H2,2H3,(H,16,19). The number of hydrogen-bond donors (Lipinski definition) is 1. The molecule has 126 valence electrons. The zero-order valence-corrected chi connectivity index (χ0v) is 13.7. The summed E-state index contributed by atoms with van der Waals surface area (Å²) in [5.41, 5.74) is 0.823. The van der Waals surface area contributed by atoms with Crippen LogP contribution in [0.3, 0.4) is 0 Å². The molecule has 0 heterocycles. The molecule has 0 aliphatic heterocycles. The number of rotatable bonds is 8. The minimum Gasteiger partial charge on any atom is -0.445 e. The zero-order valence-electron chi connectivity index (χ0n) is 12.9. The third-order valence-electron chi connectivity index (χ3n) is 2.82. The van der Waals surface area contributed by atoms with Crippen molar-refractivity contribution in [3.8, 4) is 0 Å². The number of benzene rings is 1.